The molecule has 0 aliphatic carbocycles. The highest BCUT2D eigenvalue weighted by molar-refractivity contribution is 5.98. The van der Waals surface area contributed by atoms with Crippen molar-refractivity contribution < 1.29 is 23.8 Å². The number of guanidine groups is 1. The Morgan fingerprint density at radius 1 is 0.917 bits per heavy atom. The molecule has 2 amide bonds. The smallest absolute Gasteiger partial charge is 0.437 e. The summed E-state index contributed by atoms with van der Waals surface area (Å²) in [6, 6.07) is 4.45. The number of benzene rings is 1. The Kier molecular flexibility index (Phi) is 11.3. The fraction of sp³-hybridized carbons (Fsp3) is 0.679. The molecule has 0 saturated carbocycles. The summed E-state index contributed by atoms with van der Waals surface area (Å²) in [7, 11) is 0. The molecule has 0 aliphatic heterocycles. The number of hydrogen-bond donors (Lipinski definition) is 2. The van der Waals surface area contributed by atoms with Crippen molar-refractivity contribution in [2.45, 2.75) is 112 Å². The topological polar surface area (TPSA) is 98.3 Å². The molecule has 1 aromatic rings. The second-order valence-corrected chi connectivity index (χ2v) is 11.9. The van der Waals surface area contributed by atoms with Gasteiger partial charge in [0.15, 0.2) is 0 Å². The van der Waals surface area contributed by atoms with E-state index in [1.807, 2.05) is 0 Å². The number of nitrogens with zero attached hydrogens (tertiary/aromatic N) is 1. The van der Waals surface area contributed by atoms with E-state index in [9.17, 15) is 9.59 Å². The highest BCUT2D eigenvalue weighted by atomic mass is 16.6. The molecule has 1 aromatic carbocycles. The monoisotopic (exact) mass is 505 g/mol. The number of carbonyl (C=O) groups is 2. The summed E-state index contributed by atoms with van der Waals surface area (Å²) >= 11 is 0. The second-order valence-electron chi connectivity index (χ2n) is 11.9. The van der Waals surface area contributed by atoms with Crippen molar-refractivity contribution in [1.82, 2.24) is 10.6 Å². The number of alkyl carbamates (subject to hydrolysis) is 1. The zero-order valence-electron chi connectivity index (χ0n) is 24.2. The quantitative estimate of drug-likeness (QED) is 0.252. The SMILES string of the molecule is CCc1cc(C(C)(C)C)cc(C)c1OCCCCNC(=NC(=O)OC(C)(C)C)NC(=O)OC(C)(C)C. The van der Waals surface area contributed by atoms with Crippen LogP contribution in [0.4, 0.5) is 9.59 Å². The van der Waals surface area contributed by atoms with Gasteiger partial charge in [0.05, 0.1) is 6.61 Å². The highest BCUT2D eigenvalue weighted by Gasteiger charge is 2.20. The van der Waals surface area contributed by atoms with Gasteiger partial charge < -0.3 is 19.5 Å². The Morgan fingerprint density at radius 2 is 1.53 bits per heavy atom. The predicted molar refractivity (Wildman–Crippen MR) is 145 cm³/mol. The molecule has 2 N–H and O–H groups in total. The van der Waals surface area contributed by atoms with Crippen LogP contribution in [-0.2, 0) is 21.3 Å². The van der Waals surface area contributed by atoms with Crippen LogP contribution in [-0.4, -0.2) is 42.5 Å². The van der Waals surface area contributed by atoms with Gasteiger partial charge in [0, 0.05) is 6.54 Å². The first kappa shape index (κ1) is 31.3. The minimum atomic E-state index is -0.800. The fourth-order valence-corrected chi connectivity index (χ4v) is 3.25. The fourth-order valence-electron chi connectivity index (χ4n) is 3.25. The molecule has 0 radical (unpaired) electrons. The Labute approximate surface area is 217 Å². The van der Waals surface area contributed by atoms with Gasteiger partial charge in [0.2, 0.25) is 5.96 Å². The Hall–Kier alpha value is -2.77. The first-order valence-corrected chi connectivity index (χ1v) is 12.7. The summed E-state index contributed by atoms with van der Waals surface area (Å²) in [6.07, 6.45) is 0.919. The van der Waals surface area contributed by atoms with E-state index in [1.54, 1.807) is 41.5 Å². The van der Waals surface area contributed by atoms with Crippen LogP contribution in [0.15, 0.2) is 17.1 Å². The van der Waals surface area contributed by atoms with Crippen molar-refractivity contribution >= 4 is 18.1 Å². The van der Waals surface area contributed by atoms with E-state index in [2.05, 4.69) is 62.4 Å². The third-order valence-electron chi connectivity index (χ3n) is 4.92. The number of rotatable bonds is 7. The van der Waals surface area contributed by atoms with Gasteiger partial charge in [-0.3, -0.25) is 5.32 Å². The van der Waals surface area contributed by atoms with Gasteiger partial charge in [-0.1, -0.05) is 39.8 Å². The van der Waals surface area contributed by atoms with E-state index in [0.717, 1.165) is 30.6 Å². The molecule has 0 heterocycles. The standard InChI is InChI=1S/C28H47N3O5/c1-12-20-18-21(26(3,4)5)17-19(2)22(20)34-16-14-13-15-29-23(30-24(32)35-27(6,7)8)31-25(33)36-28(9,10)11/h17-18H,12-16H2,1-11H3,(H2,29,30,31,32,33). The number of aliphatic imine (C=N–C) groups is 1. The van der Waals surface area contributed by atoms with Crippen LogP contribution >= 0.6 is 0 Å². The van der Waals surface area contributed by atoms with Gasteiger partial charge in [-0.05, 0) is 89.8 Å². The largest absolute Gasteiger partial charge is 0.493 e. The van der Waals surface area contributed by atoms with Crippen LogP contribution in [0.5, 0.6) is 5.75 Å². The lowest BCUT2D eigenvalue weighted by Crippen LogP contribution is -2.44. The van der Waals surface area contributed by atoms with E-state index in [-0.39, 0.29) is 11.4 Å². The molecule has 0 saturated heterocycles. The van der Waals surface area contributed by atoms with Crippen molar-refractivity contribution in [2.24, 2.45) is 4.99 Å². The molecule has 204 valence electrons. The average molecular weight is 506 g/mol. The lowest BCUT2D eigenvalue weighted by Gasteiger charge is -2.23. The molecule has 0 spiro atoms. The summed E-state index contributed by atoms with van der Waals surface area (Å²) in [4.78, 5) is 28.2. The van der Waals surface area contributed by atoms with Crippen molar-refractivity contribution in [3.8, 4) is 5.75 Å². The van der Waals surface area contributed by atoms with E-state index in [1.165, 1.54) is 11.1 Å². The van der Waals surface area contributed by atoms with Gasteiger partial charge in [-0.15, -0.1) is 4.99 Å². The van der Waals surface area contributed by atoms with Crippen LogP contribution in [0.1, 0.15) is 98.8 Å². The number of unbranched alkanes of at least 4 members (excludes halogenated alkanes) is 1. The molecule has 0 unspecified atom stereocenters. The number of carbonyl (C=O) groups excluding carboxylic acids is 2. The summed E-state index contributed by atoms with van der Waals surface area (Å²) in [5.74, 6) is 0.943. The highest BCUT2D eigenvalue weighted by Crippen LogP contribution is 2.32. The summed E-state index contributed by atoms with van der Waals surface area (Å²) in [6.45, 7) is 22.4. The molecule has 36 heavy (non-hydrogen) atoms. The normalized spacial score (nSPS) is 12.7. The maximum atomic E-state index is 12.2. The van der Waals surface area contributed by atoms with Gasteiger partial charge in [-0.2, -0.15) is 0 Å². The number of ether oxygens (including phenoxy) is 3. The van der Waals surface area contributed by atoms with Crippen molar-refractivity contribution in [2.75, 3.05) is 13.2 Å². The molecular formula is C28H47N3O5. The molecule has 0 bridgehead atoms. The molecule has 8 nitrogen and oxygen atoms in total. The van der Waals surface area contributed by atoms with Gasteiger partial charge in [0.25, 0.3) is 0 Å². The zero-order valence-corrected chi connectivity index (χ0v) is 24.2. The third-order valence-corrected chi connectivity index (χ3v) is 4.92. The maximum absolute atomic E-state index is 12.2. The van der Waals surface area contributed by atoms with Crippen molar-refractivity contribution in [3.05, 3.63) is 28.8 Å². The lowest BCUT2D eigenvalue weighted by molar-refractivity contribution is 0.0560. The van der Waals surface area contributed by atoms with E-state index >= 15 is 0 Å². The van der Waals surface area contributed by atoms with Gasteiger partial charge >= 0.3 is 12.2 Å². The minimum Gasteiger partial charge on any atom is -0.493 e. The van der Waals surface area contributed by atoms with E-state index in [0.29, 0.717) is 13.2 Å². The Balaban J connectivity index is 2.71. The first-order valence-electron chi connectivity index (χ1n) is 12.7. The molecule has 0 fully saturated rings. The average Bonchev–Trinajstić information content (AvgIpc) is 2.67. The number of nitrogens with one attached hydrogen (secondary N) is 2. The molecule has 0 aliphatic rings. The second kappa shape index (κ2) is 13.0. The van der Waals surface area contributed by atoms with Crippen molar-refractivity contribution in [1.29, 1.82) is 0 Å². The predicted octanol–water partition coefficient (Wildman–Crippen LogP) is 6.42. The maximum Gasteiger partial charge on any atom is 0.437 e. The summed E-state index contributed by atoms with van der Waals surface area (Å²) in [5, 5.41) is 5.48. The van der Waals surface area contributed by atoms with Crippen LogP contribution in [0.25, 0.3) is 0 Å². The molecule has 0 atom stereocenters. The Morgan fingerprint density at radius 3 is 2.06 bits per heavy atom. The van der Waals surface area contributed by atoms with Crippen LogP contribution < -0.4 is 15.4 Å². The summed E-state index contributed by atoms with van der Waals surface area (Å²) in [5.41, 5.74) is 2.37. The lowest BCUT2D eigenvalue weighted by atomic mass is 9.84. The number of aryl methyl sites for hydroxylation is 2. The Bertz CT molecular complexity index is 919. The van der Waals surface area contributed by atoms with E-state index in [4.69, 9.17) is 14.2 Å². The summed E-state index contributed by atoms with van der Waals surface area (Å²) < 4.78 is 16.6. The molecule has 8 heteroatoms. The molecule has 0 aromatic heterocycles. The minimum absolute atomic E-state index is 0.0127. The van der Waals surface area contributed by atoms with Gasteiger partial charge in [-0.25, -0.2) is 9.59 Å². The van der Waals surface area contributed by atoms with Gasteiger partial charge in [0.1, 0.15) is 17.0 Å². The van der Waals surface area contributed by atoms with Crippen molar-refractivity contribution in [3.63, 3.8) is 0 Å². The van der Waals surface area contributed by atoms with Crippen LogP contribution in [0, 0.1) is 6.92 Å². The van der Waals surface area contributed by atoms with E-state index < -0.39 is 23.4 Å². The molecule has 1 rings (SSSR count). The number of amides is 2. The molecular weight excluding hydrogens is 458 g/mol. The van der Waals surface area contributed by atoms with Crippen LogP contribution in [0.2, 0.25) is 0 Å². The zero-order chi connectivity index (χ0) is 27.7. The number of hydrogen-bond acceptors (Lipinski definition) is 5. The third kappa shape index (κ3) is 12.3. The first-order chi connectivity index (χ1) is 16.4. The van der Waals surface area contributed by atoms with Crippen LogP contribution in [0.3, 0.4) is 0 Å².